The molecule has 2 aromatic carbocycles. The Morgan fingerprint density at radius 3 is 2.36 bits per heavy atom. The summed E-state index contributed by atoms with van der Waals surface area (Å²) in [6.45, 7) is 14.7. The lowest BCUT2D eigenvalue weighted by Crippen LogP contribution is -2.51. The number of thiol groups is 1. The lowest BCUT2D eigenvalue weighted by molar-refractivity contribution is -0.179. The van der Waals surface area contributed by atoms with Crippen LogP contribution in [0.4, 0.5) is 0 Å². The highest BCUT2D eigenvalue weighted by atomic mass is 35.5. The van der Waals surface area contributed by atoms with E-state index in [4.69, 9.17) is 30.5 Å². The first-order valence-corrected chi connectivity index (χ1v) is 19.9. The van der Waals surface area contributed by atoms with Crippen molar-refractivity contribution in [1.82, 2.24) is 16.0 Å². The summed E-state index contributed by atoms with van der Waals surface area (Å²) < 4.78 is 23.4. The molecule has 0 saturated carbocycles. The molecule has 2 aromatic rings. The van der Waals surface area contributed by atoms with Gasteiger partial charge in [-0.15, -0.1) is 0 Å². The van der Waals surface area contributed by atoms with Gasteiger partial charge in [0, 0.05) is 36.6 Å². The molecule has 1 fully saturated rings. The second-order valence-corrected chi connectivity index (χ2v) is 18.0. The van der Waals surface area contributed by atoms with Crippen LogP contribution < -0.4 is 20.7 Å². The number of benzene rings is 2. The molecule has 55 heavy (non-hydrogen) atoms. The van der Waals surface area contributed by atoms with E-state index in [0.29, 0.717) is 16.3 Å². The van der Waals surface area contributed by atoms with Crippen molar-refractivity contribution in [2.24, 2.45) is 17.3 Å². The third kappa shape index (κ3) is 13.5. The maximum absolute atomic E-state index is 13.8. The smallest absolute Gasteiger partial charge is 0.347 e. The van der Waals surface area contributed by atoms with Crippen molar-refractivity contribution in [3.05, 3.63) is 76.3 Å². The Hall–Kier alpha value is -3.58. The monoisotopic (exact) mass is 799 g/mol. The van der Waals surface area contributed by atoms with Crippen LogP contribution in [0.3, 0.4) is 0 Å². The second-order valence-electron chi connectivity index (χ2n) is 16.3. The largest absolute Gasteiger partial charge is 0.495 e. The first kappa shape index (κ1) is 44.1. The summed E-state index contributed by atoms with van der Waals surface area (Å²) in [6, 6.07) is 12.4. The van der Waals surface area contributed by atoms with E-state index in [1.807, 2.05) is 20.8 Å². The van der Waals surface area contributed by atoms with E-state index in [1.165, 1.54) is 13.2 Å². The molecule has 0 bridgehead atoms. The summed E-state index contributed by atoms with van der Waals surface area (Å²) in [5, 5.41) is 9.40. The predicted molar refractivity (Wildman–Crippen MR) is 216 cm³/mol. The number of esters is 2. The number of methoxy groups -OCH3 is 1. The SMILES string of the molecule is COc1ccc(C[C@H]2NC(=O)C=CC[C@@H]([C@H](C)[C@H]3O[C@@H]3c3ccc(CNCCC(C)(C)S)cc3)OC(=O)[C@H](CC(C)C)OC(=O)C(C)(C)CNC2=O)cc1Cl. The molecule has 0 aromatic heterocycles. The molecule has 2 aliphatic rings. The van der Waals surface area contributed by atoms with Crippen LogP contribution in [0.5, 0.6) is 5.75 Å². The number of hydrogen-bond acceptors (Lipinski definition) is 10. The summed E-state index contributed by atoms with van der Waals surface area (Å²) >= 11 is 10.9. The van der Waals surface area contributed by atoms with Gasteiger partial charge in [-0.3, -0.25) is 14.4 Å². The van der Waals surface area contributed by atoms with Gasteiger partial charge in [0.25, 0.3) is 0 Å². The van der Waals surface area contributed by atoms with Gasteiger partial charge in [-0.2, -0.15) is 12.6 Å². The fourth-order valence-electron chi connectivity index (χ4n) is 6.27. The highest BCUT2D eigenvalue weighted by Crippen LogP contribution is 2.45. The van der Waals surface area contributed by atoms with Crippen LogP contribution in [0, 0.1) is 17.3 Å². The van der Waals surface area contributed by atoms with Crippen LogP contribution >= 0.6 is 24.2 Å². The molecule has 0 spiro atoms. The number of rotatable bonds is 13. The molecular formula is C42H58ClN3O8S. The van der Waals surface area contributed by atoms with Crippen molar-refractivity contribution in [3.63, 3.8) is 0 Å². The fourth-order valence-corrected chi connectivity index (χ4v) is 6.67. The summed E-state index contributed by atoms with van der Waals surface area (Å²) in [5.74, 6) is -2.13. The Labute approximate surface area is 336 Å². The van der Waals surface area contributed by atoms with Gasteiger partial charge in [-0.1, -0.05) is 82.6 Å². The average Bonchev–Trinajstić information content (AvgIpc) is 3.91. The van der Waals surface area contributed by atoms with Crippen molar-refractivity contribution in [3.8, 4) is 5.75 Å². The summed E-state index contributed by atoms with van der Waals surface area (Å²) in [7, 11) is 1.51. The molecule has 4 rings (SSSR count). The van der Waals surface area contributed by atoms with Crippen molar-refractivity contribution >= 4 is 48.0 Å². The molecule has 11 nitrogen and oxygen atoms in total. The Morgan fingerprint density at radius 2 is 1.73 bits per heavy atom. The van der Waals surface area contributed by atoms with Crippen LogP contribution in [0.25, 0.3) is 0 Å². The normalized spacial score (nSPS) is 24.4. The van der Waals surface area contributed by atoms with Gasteiger partial charge in [0.1, 0.15) is 24.0 Å². The van der Waals surface area contributed by atoms with Gasteiger partial charge >= 0.3 is 11.9 Å². The number of carbonyl (C=O) groups is 4. The third-order valence-corrected chi connectivity index (χ3v) is 10.3. The molecule has 0 radical (unpaired) electrons. The Bertz CT molecular complexity index is 1680. The number of halogens is 1. The topological polar surface area (TPSA) is 145 Å². The lowest BCUT2D eigenvalue weighted by Gasteiger charge is -2.29. The molecule has 3 N–H and O–H groups in total. The molecule has 2 aliphatic heterocycles. The quantitative estimate of drug-likeness (QED) is 0.0793. The zero-order valence-corrected chi connectivity index (χ0v) is 34.9. The standard InChI is InChI=1S/C42H58ClN3O8S/c1-25(2)20-34-39(49)52-32(26(3)36-37(54-36)29-15-12-27(13-16-29)23-44-19-18-42(6,7)55)10-9-11-35(47)46-31(22-28-14-17-33(51-8)30(43)21-28)38(48)45-24-41(4,5)40(50)53-34/h9,11-17,21,25-26,31-32,34,36-37,44,55H,10,18-20,22-24H2,1-8H3,(H,45,48)(H,46,47)/t26-,31+,32-,34-,36+,37+/m0/s1. The van der Waals surface area contributed by atoms with E-state index in [2.05, 4.69) is 66.7 Å². The summed E-state index contributed by atoms with van der Waals surface area (Å²) in [4.78, 5) is 54.1. The van der Waals surface area contributed by atoms with Crippen molar-refractivity contribution < 1.29 is 38.1 Å². The molecule has 0 aliphatic carbocycles. The number of nitrogens with one attached hydrogen (secondary N) is 3. The van der Waals surface area contributed by atoms with E-state index in [0.717, 1.165) is 30.6 Å². The fraction of sp³-hybridized carbons (Fsp3) is 0.571. The van der Waals surface area contributed by atoms with Crippen LogP contribution in [0.15, 0.2) is 54.6 Å². The van der Waals surface area contributed by atoms with E-state index in [9.17, 15) is 19.2 Å². The number of amides is 2. The Morgan fingerprint density at radius 1 is 1.04 bits per heavy atom. The van der Waals surface area contributed by atoms with E-state index in [-0.39, 0.29) is 54.6 Å². The second kappa shape index (κ2) is 19.5. The van der Waals surface area contributed by atoms with Crippen molar-refractivity contribution in [2.75, 3.05) is 20.2 Å². The summed E-state index contributed by atoms with van der Waals surface area (Å²) in [5.41, 5.74) is 1.65. The zero-order valence-electron chi connectivity index (χ0n) is 33.3. The lowest BCUT2D eigenvalue weighted by atomic mass is 9.92. The zero-order chi connectivity index (χ0) is 40.5. The highest BCUT2D eigenvalue weighted by molar-refractivity contribution is 7.81. The minimum Gasteiger partial charge on any atom is -0.495 e. The van der Waals surface area contributed by atoms with Crippen LogP contribution in [-0.4, -0.2) is 73.1 Å². The minimum absolute atomic E-state index is 0.00888. The number of epoxide rings is 1. The maximum atomic E-state index is 13.8. The third-order valence-electron chi connectivity index (χ3n) is 9.83. The van der Waals surface area contributed by atoms with Gasteiger partial charge in [-0.25, -0.2) is 4.79 Å². The molecule has 13 heteroatoms. The number of ether oxygens (including phenoxy) is 4. The molecule has 2 heterocycles. The minimum atomic E-state index is -1.21. The van der Waals surface area contributed by atoms with E-state index >= 15 is 0 Å². The van der Waals surface area contributed by atoms with Gasteiger partial charge in [0.15, 0.2) is 6.10 Å². The molecule has 6 atom stereocenters. The molecular weight excluding hydrogens is 742 g/mol. The first-order valence-electron chi connectivity index (χ1n) is 19.0. The first-order chi connectivity index (χ1) is 25.9. The molecule has 302 valence electrons. The van der Waals surface area contributed by atoms with Crippen LogP contribution in [-0.2, 0) is 46.4 Å². The van der Waals surface area contributed by atoms with Crippen LogP contribution in [0.2, 0.25) is 5.02 Å². The molecule has 0 unspecified atom stereocenters. The van der Waals surface area contributed by atoms with Gasteiger partial charge < -0.3 is 34.9 Å². The van der Waals surface area contributed by atoms with E-state index < -0.39 is 47.4 Å². The number of carbonyl (C=O) groups excluding carboxylic acids is 4. The maximum Gasteiger partial charge on any atom is 0.347 e. The summed E-state index contributed by atoms with van der Waals surface area (Å²) in [6.07, 6.45) is 2.15. The van der Waals surface area contributed by atoms with Gasteiger partial charge in [0.05, 0.1) is 23.7 Å². The Kier molecular flexibility index (Phi) is 15.7. The average molecular weight is 800 g/mol. The van der Waals surface area contributed by atoms with Crippen molar-refractivity contribution in [2.45, 2.75) is 116 Å². The van der Waals surface area contributed by atoms with Crippen molar-refractivity contribution in [1.29, 1.82) is 0 Å². The van der Waals surface area contributed by atoms with Gasteiger partial charge in [0.2, 0.25) is 11.8 Å². The number of cyclic esters (lactones) is 2. The van der Waals surface area contributed by atoms with Gasteiger partial charge in [-0.05, 0) is 74.1 Å². The molecule has 2 amide bonds. The predicted octanol–water partition coefficient (Wildman–Crippen LogP) is 6.31. The highest BCUT2D eigenvalue weighted by Gasteiger charge is 2.48. The van der Waals surface area contributed by atoms with E-state index in [1.54, 1.807) is 38.1 Å². The number of hydrogen-bond donors (Lipinski definition) is 4. The molecule has 1 saturated heterocycles. The van der Waals surface area contributed by atoms with Crippen LogP contribution in [0.1, 0.15) is 90.5 Å². The Balaban J connectivity index is 1.54.